The quantitative estimate of drug-likeness (QED) is 0.851. The first-order valence-electron chi connectivity index (χ1n) is 5.94. The molecule has 17 heavy (non-hydrogen) atoms. The van der Waals surface area contributed by atoms with Crippen LogP contribution in [0.4, 0.5) is 5.95 Å². The molecule has 0 radical (unpaired) electrons. The van der Waals surface area contributed by atoms with Crippen LogP contribution in [0.5, 0.6) is 0 Å². The van der Waals surface area contributed by atoms with Crippen LogP contribution in [-0.4, -0.2) is 23.1 Å². The first kappa shape index (κ1) is 11.0. The van der Waals surface area contributed by atoms with E-state index in [9.17, 15) is 0 Å². The molecule has 0 bridgehead atoms. The van der Waals surface area contributed by atoms with Gasteiger partial charge in [-0.2, -0.15) is 0 Å². The molecule has 1 fully saturated rings. The Morgan fingerprint density at radius 1 is 1.41 bits per heavy atom. The second kappa shape index (κ2) is 4.26. The summed E-state index contributed by atoms with van der Waals surface area (Å²) in [5, 5.41) is 1.08. The molecule has 0 N–H and O–H groups in total. The molecule has 3 rings (SSSR count). The van der Waals surface area contributed by atoms with Crippen LogP contribution < -0.4 is 4.90 Å². The molecule has 1 aromatic carbocycles. The molecule has 88 valence electrons. The molecule has 1 aliphatic heterocycles. The SMILES string of the molecule is CCC1CN(c2ncc3cccc(Br)c3n2)C1. The Morgan fingerprint density at radius 2 is 2.24 bits per heavy atom. The monoisotopic (exact) mass is 291 g/mol. The summed E-state index contributed by atoms with van der Waals surface area (Å²) in [6.07, 6.45) is 3.15. The van der Waals surface area contributed by atoms with Gasteiger partial charge >= 0.3 is 0 Å². The molecule has 0 atom stereocenters. The lowest BCUT2D eigenvalue weighted by Gasteiger charge is -2.38. The number of nitrogens with zero attached hydrogens (tertiary/aromatic N) is 3. The number of benzene rings is 1. The Kier molecular flexibility index (Phi) is 2.74. The summed E-state index contributed by atoms with van der Waals surface area (Å²) in [4.78, 5) is 11.3. The highest BCUT2D eigenvalue weighted by molar-refractivity contribution is 9.10. The van der Waals surface area contributed by atoms with Gasteiger partial charge in [0.2, 0.25) is 5.95 Å². The number of hydrogen-bond donors (Lipinski definition) is 0. The van der Waals surface area contributed by atoms with Crippen molar-refractivity contribution in [2.24, 2.45) is 5.92 Å². The van der Waals surface area contributed by atoms with Crippen molar-refractivity contribution in [3.8, 4) is 0 Å². The number of fused-ring (bicyclic) bond motifs is 1. The molecular formula is C13H14BrN3. The zero-order valence-corrected chi connectivity index (χ0v) is 11.3. The normalized spacial score (nSPS) is 16.2. The second-order valence-electron chi connectivity index (χ2n) is 4.53. The minimum atomic E-state index is 0.813. The van der Waals surface area contributed by atoms with E-state index in [1.807, 2.05) is 24.4 Å². The lowest BCUT2D eigenvalue weighted by Crippen LogP contribution is -2.47. The standard InChI is InChI=1S/C13H14BrN3/c1-2-9-7-17(8-9)13-15-6-10-4-3-5-11(14)12(10)16-13/h3-6,9H,2,7-8H2,1H3. The third-order valence-electron chi connectivity index (χ3n) is 3.37. The number of para-hydroxylation sites is 1. The summed E-state index contributed by atoms with van der Waals surface area (Å²) in [5.41, 5.74) is 0.998. The van der Waals surface area contributed by atoms with Gasteiger partial charge in [0.05, 0.1) is 5.52 Å². The molecule has 2 aromatic rings. The van der Waals surface area contributed by atoms with Crippen molar-refractivity contribution >= 4 is 32.8 Å². The average Bonchev–Trinajstić information content (AvgIpc) is 2.29. The van der Waals surface area contributed by atoms with E-state index in [1.54, 1.807) is 0 Å². The fourth-order valence-electron chi connectivity index (χ4n) is 2.15. The summed E-state index contributed by atoms with van der Waals surface area (Å²) >= 11 is 3.54. The lowest BCUT2D eigenvalue weighted by atomic mass is 9.98. The van der Waals surface area contributed by atoms with Gasteiger partial charge in [-0.15, -0.1) is 0 Å². The number of halogens is 1. The van der Waals surface area contributed by atoms with Crippen LogP contribution >= 0.6 is 15.9 Å². The van der Waals surface area contributed by atoms with E-state index < -0.39 is 0 Å². The van der Waals surface area contributed by atoms with E-state index in [-0.39, 0.29) is 0 Å². The van der Waals surface area contributed by atoms with E-state index in [4.69, 9.17) is 0 Å². The van der Waals surface area contributed by atoms with Gasteiger partial charge in [-0.05, 0) is 34.3 Å². The van der Waals surface area contributed by atoms with Gasteiger partial charge in [0, 0.05) is 29.1 Å². The average molecular weight is 292 g/mol. The molecule has 0 aliphatic carbocycles. The summed E-state index contributed by atoms with van der Waals surface area (Å²) in [7, 11) is 0. The van der Waals surface area contributed by atoms with Crippen LogP contribution in [-0.2, 0) is 0 Å². The van der Waals surface area contributed by atoms with Crippen LogP contribution in [0.3, 0.4) is 0 Å². The van der Waals surface area contributed by atoms with Crippen molar-refractivity contribution in [3.05, 3.63) is 28.9 Å². The van der Waals surface area contributed by atoms with Gasteiger partial charge in [0.25, 0.3) is 0 Å². The van der Waals surface area contributed by atoms with E-state index in [0.29, 0.717) is 0 Å². The lowest BCUT2D eigenvalue weighted by molar-refractivity contribution is 0.393. The fraction of sp³-hybridized carbons (Fsp3) is 0.385. The number of hydrogen-bond acceptors (Lipinski definition) is 3. The molecule has 2 heterocycles. The molecule has 4 heteroatoms. The summed E-state index contributed by atoms with van der Waals surface area (Å²) in [5.74, 6) is 1.67. The van der Waals surface area contributed by atoms with Crippen molar-refractivity contribution in [2.45, 2.75) is 13.3 Å². The predicted molar refractivity (Wildman–Crippen MR) is 73.2 cm³/mol. The van der Waals surface area contributed by atoms with E-state index >= 15 is 0 Å². The van der Waals surface area contributed by atoms with Crippen molar-refractivity contribution < 1.29 is 0 Å². The smallest absolute Gasteiger partial charge is 0.225 e. The first-order valence-corrected chi connectivity index (χ1v) is 6.73. The second-order valence-corrected chi connectivity index (χ2v) is 5.38. The Balaban J connectivity index is 1.94. The minimum Gasteiger partial charge on any atom is -0.340 e. The topological polar surface area (TPSA) is 29.0 Å². The highest BCUT2D eigenvalue weighted by atomic mass is 79.9. The maximum Gasteiger partial charge on any atom is 0.225 e. The Bertz CT molecular complexity index is 549. The molecule has 0 saturated carbocycles. The van der Waals surface area contributed by atoms with Crippen LogP contribution in [0.2, 0.25) is 0 Å². The third kappa shape index (κ3) is 1.90. The van der Waals surface area contributed by atoms with Crippen molar-refractivity contribution in [1.82, 2.24) is 9.97 Å². The van der Waals surface area contributed by atoms with Crippen LogP contribution in [0.15, 0.2) is 28.9 Å². The highest BCUT2D eigenvalue weighted by Crippen LogP contribution is 2.27. The minimum absolute atomic E-state index is 0.813. The predicted octanol–water partition coefficient (Wildman–Crippen LogP) is 3.24. The zero-order chi connectivity index (χ0) is 11.8. The Morgan fingerprint density at radius 3 is 3.00 bits per heavy atom. The van der Waals surface area contributed by atoms with Gasteiger partial charge in [-0.1, -0.05) is 19.1 Å². The van der Waals surface area contributed by atoms with Gasteiger partial charge in [-0.25, -0.2) is 9.97 Å². The van der Waals surface area contributed by atoms with Gasteiger partial charge < -0.3 is 4.90 Å². The number of anilines is 1. The maximum atomic E-state index is 4.63. The van der Waals surface area contributed by atoms with Crippen LogP contribution in [0, 0.1) is 5.92 Å². The molecule has 3 nitrogen and oxygen atoms in total. The largest absolute Gasteiger partial charge is 0.340 e. The zero-order valence-electron chi connectivity index (χ0n) is 9.73. The molecule has 1 saturated heterocycles. The maximum absolute atomic E-state index is 4.63. The molecule has 0 spiro atoms. The number of rotatable bonds is 2. The third-order valence-corrected chi connectivity index (χ3v) is 4.01. The molecule has 1 aromatic heterocycles. The van der Waals surface area contributed by atoms with Crippen molar-refractivity contribution in [3.63, 3.8) is 0 Å². The van der Waals surface area contributed by atoms with E-state index in [2.05, 4.69) is 37.7 Å². The highest BCUT2D eigenvalue weighted by Gasteiger charge is 2.27. The van der Waals surface area contributed by atoms with Crippen LogP contribution in [0.1, 0.15) is 13.3 Å². The first-order chi connectivity index (χ1) is 8.28. The van der Waals surface area contributed by atoms with Crippen molar-refractivity contribution in [2.75, 3.05) is 18.0 Å². The van der Waals surface area contributed by atoms with Gasteiger partial charge in [-0.3, -0.25) is 0 Å². The molecule has 1 aliphatic rings. The fourth-order valence-corrected chi connectivity index (χ4v) is 2.62. The van der Waals surface area contributed by atoms with Gasteiger partial charge in [0.1, 0.15) is 0 Å². The molecular weight excluding hydrogens is 278 g/mol. The Labute approximate surface area is 109 Å². The Hall–Kier alpha value is -1.16. The van der Waals surface area contributed by atoms with E-state index in [0.717, 1.165) is 40.3 Å². The summed E-state index contributed by atoms with van der Waals surface area (Å²) in [6.45, 7) is 4.42. The van der Waals surface area contributed by atoms with E-state index in [1.165, 1.54) is 6.42 Å². The summed E-state index contributed by atoms with van der Waals surface area (Å²) in [6, 6.07) is 6.06. The van der Waals surface area contributed by atoms with Crippen molar-refractivity contribution in [1.29, 1.82) is 0 Å². The number of aromatic nitrogens is 2. The summed E-state index contributed by atoms with van der Waals surface area (Å²) < 4.78 is 1.03. The van der Waals surface area contributed by atoms with Crippen LogP contribution in [0.25, 0.3) is 10.9 Å². The molecule has 0 unspecified atom stereocenters. The molecule has 0 amide bonds. The van der Waals surface area contributed by atoms with Gasteiger partial charge in [0.15, 0.2) is 0 Å².